The van der Waals surface area contributed by atoms with Gasteiger partial charge in [-0.2, -0.15) is 0 Å². The Balaban J connectivity index is 1.50. The van der Waals surface area contributed by atoms with Crippen LogP contribution in [0.5, 0.6) is 11.5 Å². The molecule has 0 unspecified atom stereocenters. The van der Waals surface area contributed by atoms with Crippen molar-refractivity contribution >= 4 is 11.9 Å². The molecule has 0 saturated carbocycles. The Morgan fingerprint density at radius 2 is 1.50 bits per heavy atom. The van der Waals surface area contributed by atoms with E-state index in [1.807, 2.05) is 53.4 Å². The number of carbonyl (C=O) groups is 2. The van der Waals surface area contributed by atoms with E-state index in [-0.39, 0.29) is 12.5 Å². The predicted octanol–water partition coefficient (Wildman–Crippen LogP) is 3.97. The van der Waals surface area contributed by atoms with Crippen molar-refractivity contribution in [1.29, 1.82) is 0 Å². The van der Waals surface area contributed by atoms with Crippen molar-refractivity contribution in [3.8, 4) is 11.5 Å². The molecule has 5 nitrogen and oxygen atoms in total. The van der Waals surface area contributed by atoms with E-state index in [0.29, 0.717) is 23.3 Å². The van der Waals surface area contributed by atoms with E-state index in [1.54, 1.807) is 0 Å². The largest absolute Gasteiger partial charge is 0.457 e. The number of para-hydroxylation sites is 2. The van der Waals surface area contributed by atoms with Crippen molar-refractivity contribution in [2.24, 2.45) is 11.8 Å². The molecular formula is C23H25NO4. The van der Waals surface area contributed by atoms with Crippen LogP contribution >= 0.6 is 0 Å². The highest BCUT2D eigenvalue weighted by atomic mass is 16.5. The molecule has 4 rings (SSSR count). The van der Waals surface area contributed by atoms with Crippen molar-refractivity contribution in [3.05, 3.63) is 59.7 Å². The summed E-state index contributed by atoms with van der Waals surface area (Å²) in [4.78, 5) is 27.4. The molecule has 0 aromatic heterocycles. The minimum Gasteiger partial charge on any atom is -0.457 e. The van der Waals surface area contributed by atoms with Gasteiger partial charge in [-0.05, 0) is 30.4 Å². The molecule has 146 valence electrons. The van der Waals surface area contributed by atoms with E-state index in [4.69, 9.17) is 9.47 Å². The summed E-state index contributed by atoms with van der Waals surface area (Å²) in [5.41, 5.74) is 1.53. The van der Waals surface area contributed by atoms with Crippen molar-refractivity contribution in [1.82, 2.24) is 4.90 Å². The maximum Gasteiger partial charge on any atom is 0.318 e. The van der Waals surface area contributed by atoms with Crippen LogP contribution in [0, 0.1) is 11.8 Å². The van der Waals surface area contributed by atoms with Crippen molar-refractivity contribution in [2.45, 2.75) is 26.2 Å². The fraction of sp³-hybridized carbons (Fsp3) is 0.391. The molecular weight excluding hydrogens is 354 g/mol. The van der Waals surface area contributed by atoms with Crippen LogP contribution in [-0.4, -0.2) is 36.5 Å². The number of amides is 1. The monoisotopic (exact) mass is 379 g/mol. The molecule has 0 aliphatic carbocycles. The van der Waals surface area contributed by atoms with E-state index >= 15 is 0 Å². The van der Waals surface area contributed by atoms with Crippen LogP contribution in [0.25, 0.3) is 0 Å². The third-order valence-corrected chi connectivity index (χ3v) is 5.48. The van der Waals surface area contributed by atoms with E-state index in [9.17, 15) is 9.59 Å². The Bertz CT molecular complexity index is 838. The normalized spacial score (nSPS) is 21.3. The molecule has 2 atom stereocenters. The van der Waals surface area contributed by atoms with E-state index in [0.717, 1.165) is 30.6 Å². The standard InChI is InChI=1S/C23H25NO4/c1-15-11-16(2)13-24(12-15)21(25)14-27-23(26)22-17-7-3-5-9-19(17)28-20-10-6-4-8-18(20)22/h3-10,15-16,22H,11-14H2,1-2H3/t15-,16-/m0/s1. The molecule has 2 aromatic carbocycles. The zero-order valence-corrected chi connectivity index (χ0v) is 16.3. The number of hydrogen-bond acceptors (Lipinski definition) is 4. The summed E-state index contributed by atoms with van der Waals surface area (Å²) in [6, 6.07) is 14.9. The van der Waals surface area contributed by atoms with Crippen LogP contribution in [0.4, 0.5) is 0 Å². The first-order chi connectivity index (χ1) is 13.5. The average Bonchev–Trinajstić information content (AvgIpc) is 2.69. The van der Waals surface area contributed by atoms with E-state index in [2.05, 4.69) is 13.8 Å². The molecule has 0 bridgehead atoms. The highest BCUT2D eigenvalue weighted by molar-refractivity contribution is 5.87. The van der Waals surface area contributed by atoms with E-state index < -0.39 is 11.9 Å². The summed E-state index contributed by atoms with van der Waals surface area (Å²) in [5, 5.41) is 0. The Hall–Kier alpha value is -2.82. The fourth-order valence-corrected chi connectivity index (χ4v) is 4.34. The molecule has 2 aliphatic heterocycles. The zero-order valence-electron chi connectivity index (χ0n) is 16.3. The smallest absolute Gasteiger partial charge is 0.318 e. The van der Waals surface area contributed by atoms with Gasteiger partial charge in [-0.25, -0.2) is 0 Å². The van der Waals surface area contributed by atoms with Gasteiger partial charge < -0.3 is 14.4 Å². The summed E-state index contributed by atoms with van der Waals surface area (Å²) in [6.07, 6.45) is 1.12. The molecule has 0 N–H and O–H groups in total. The van der Waals surface area contributed by atoms with Gasteiger partial charge in [-0.15, -0.1) is 0 Å². The van der Waals surface area contributed by atoms with Gasteiger partial charge in [0, 0.05) is 24.2 Å². The average molecular weight is 379 g/mol. The molecule has 1 fully saturated rings. The van der Waals surface area contributed by atoms with Gasteiger partial charge in [-0.1, -0.05) is 50.2 Å². The Labute approximate surface area is 165 Å². The van der Waals surface area contributed by atoms with Crippen LogP contribution in [-0.2, 0) is 14.3 Å². The number of fused-ring (bicyclic) bond motifs is 2. The Morgan fingerprint density at radius 1 is 0.964 bits per heavy atom. The summed E-state index contributed by atoms with van der Waals surface area (Å²) in [6.45, 7) is 5.53. The predicted molar refractivity (Wildman–Crippen MR) is 105 cm³/mol. The van der Waals surface area contributed by atoms with Gasteiger partial charge >= 0.3 is 5.97 Å². The van der Waals surface area contributed by atoms with Crippen molar-refractivity contribution in [2.75, 3.05) is 19.7 Å². The fourth-order valence-electron chi connectivity index (χ4n) is 4.34. The quantitative estimate of drug-likeness (QED) is 0.757. The first-order valence-electron chi connectivity index (χ1n) is 9.83. The third kappa shape index (κ3) is 3.61. The summed E-state index contributed by atoms with van der Waals surface area (Å²) in [5.74, 6) is 1.10. The molecule has 0 radical (unpaired) electrons. The number of ether oxygens (including phenoxy) is 2. The van der Waals surface area contributed by atoms with Crippen LogP contribution in [0.3, 0.4) is 0 Å². The number of hydrogen-bond donors (Lipinski definition) is 0. The van der Waals surface area contributed by atoms with Crippen LogP contribution < -0.4 is 4.74 Å². The summed E-state index contributed by atoms with van der Waals surface area (Å²) < 4.78 is 11.4. The number of likely N-dealkylation sites (tertiary alicyclic amines) is 1. The minimum atomic E-state index is -0.590. The van der Waals surface area contributed by atoms with E-state index in [1.165, 1.54) is 0 Å². The summed E-state index contributed by atoms with van der Waals surface area (Å²) >= 11 is 0. The molecule has 2 aromatic rings. The molecule has 2 aliphatic rings. The highest BCUT2D eigenvalue weighted by Gasteiger charge is 2.34. The topological polar surface area (TPSA) is 55.8 Å². The van der Waals surface area contributed by atoms with Gasteiger partial charge in [0.2, 0.25) is 0 Å². The molecule has 28 heavy (non-hydrogen) atoms. The minimum absolute atomic E-state index is 0.125. The number of carbonyl (C=O) groups excluding carboxylic acids is 2. The van der Waals surface area contributed by atoms with Crippen LogP contribution in [0.2, 0.25) is 0 Å². The molecule has 1 amide bonds. The highest BCUT2D eigenvalue weighted by Crippen LogP contribution is 2.44. The maximum absolute atomic E-state index is 13.0. The number of nitrogens with zero attached hydrogens (tertiary/aromatic N) is 1. The molecule has 0 spiro atoms. The van der Waals surface area contributed by atoms with Gasteiger partial charge in [0.25, 0.3) is 5.91 Å². The van der Waals surface area contributed by atoms with Crippen molar-refractivity contribution < 1.29 is 19.1 Å². The van der Waals surface area contributed by atoms with Crippen LogP contribution in [0.15, 0.2) is 48.5 Å². The number of esters is 1. The zero-order chi connectivity index (χ0) is 19.7. The van der Waals surface area contributed by atoms with Crippen molar-refractivity contribution in [3.63, 3.8) is 0 Å². The first kappa shape index (κ1) is 18.5. The Kier molecular flexibility index (Phi) is 5.07. The second kappa shape index (κ2) is 7.66. The van der Waals surface area contributed by atoms with Gasteiger partial charge in [0.1, 0.15) is 17.4 Å². The Morgan fingerprint density at radius 3 is 2.07 bits per heavy atom. The van der Waals surface area contributed by atoms with Gasteiger partial charge in [0.05, 0.1) is 0 Å². The molecule has 2 heterocycles. The van der Waals surface area contributed by atoms with Gasteiger partial charge in [-0.3, -0.25) is 9.59 Å². The maximum atomic E-state index is 13.0. The molecule has 5 heteroatoms. The lowest BCUT2D eigenvalue weighted by Gasteiger charge is -2.35. The second-order valence-electron chi connectivity index (χ2n) is 7.96. The lowest BCUT2D eigenvalue weighted by molar-refractivity contribution is -0.153. The third-order valence-electron chi connectivity index (χ3n) is 5.48. The molecule has 1 saturated heterocycles. The summed E-state index contributed by atoms with van der Waals surface area (Å²) in [7, 11) is 0. The lowest BCUT2D eigenvalue weighted by Crippen LogP contribution is -2.44. The second-order valence-corrected chi connectivity index (χ2v) is 7.96. The SMILES string of the molecule is C[C@H]1C[C@H](C)CN(C(=O)COC(=O)C2c3ccccc3Oc3ccccc32)C1. The number of piperidine rings is 1. The van der Waals surface area contributed by atoms with Crippen LogP contribution in [0.1, 0.15) is 37.3 Å². The number of rotatable bonds is 3. The van der Waals surface area contributed by atoms with Gasteiger partial charge in [0.15, 0.2) is 6.61 Å². The number of benzene rings is 2. The first-order valence-corrected chi connectivity index (χ1v) is 9.83. The lowest BCUT2D eigenvalue weighted by atomic mass is 9.88.